The van der Waals surface area contributed by atoms with E-state index in [1.165, 1.54) is 50.2 Å². The van der Waals surface area contributed by atoms with E-state index in [2.05, 4.69) is 27.7 Å². The Morgan fingerprint density at radius 3 is 2.85 bits per heavy atom. The van der Waals surface area contributed by atoms with Crippen molar-refractivity contribution >= 4 is 11.3 Å². The molecule has 0 spiro atoms. The molecule has 0 aromatic carbocycles. The third-order valence-corrected chi connectivity index (χ3v) is 5.28. The molecule has 2 aliphatic rings. The van der Waals surface area contributed by atoms with E-state index >= 15 is 0 Å². The van der Waals surface area contributed by atoms with Gasteiger partial charge in [-0.25, -0.2) is 0 Å². The number of hydrogen-bond acceptors (Lipinski definition) is 4. The summed E-state index contributed by atoms with van der Waals surface area (Å²) in [6.45, 7) is 6.79. The van der Waals surface area contributed by atoms with Crippen molar-refractivity contribution in [3.05, 3.63) is 22.4 Å². The zero-order valence-electron chi connectivity index (χ0n) is 12.2. The molecule has 3 heterocycles. The van der Waals surface area contributed by atoms with Crippen LogP contribution in [-0.2, 0) is 11.3 Å². The van der Waals surface area contributed by atoms with Gasteiger partial charge in [0.1, 0.15) is 0 Å². The number of nitrogens with zero attached hydrogens (tertiary/aromatic N) is 1. The minimum Gasteiger partial charge on any atom is -0.377 e. The predicted molar refractivity (Wildman–Crippen MR) is 84.2 cm³/mol. The highest BCUT2D eigenvalue weighted by atomic mass is 32.1. The van der Waals surface area contributed by atoms with Crippen LogP contribution in [0.15, 0.2) is 17.5 Å². The van der Waals surface area contributed by atoms with Gasteiger partial charge in [-0.05, 0) is 56.1 Å². The van der Waals surface area contributed by atoms with Crippen molar-refractivity contribution in [2.24, 2.45) is 5.92 Å². The molecule has 0 radical (unpaired) electrons. The molecule has 0 amide bonds. The lowest BCUT2D eigenvalue weighted by Crippen LogP contribution is -2.39. The van der Waals surface area contributed by atoms with Crippen LogP contribution in [0.2, 0.25) is 0 Å². The molecule has 0 saturated carbocycles. The van der Waals surface area contributed by atoms with Crippen LogP contribution in [0.4, 0.5) is 0 Å². The Kier molecular flexibility index (Phi) is 5.48. The third-order valence-electron chi connectivity index (χ3n) is 4.42. The molecule has 20 heavy (non-hydrogen) atoms. The van der Waals surface area contributed by atoms with Gasteiger partial charge in [0.2, 0.25) is 0 Å². The van der Waals surface area contributed by atoms with E-state index in [-0.39, 0.29) is 0 Å². The molecule has 2 fully saturated rings. The van der Waals surface area contributed by atoms with E-state index in [4.69, 9.17) is 4.74 Å². The lowest BCUT2D eigenvalue weighted by molar-refractivity contribution is 0.0627. The van der Waals surface area contributed by atoms with Crippen LogP contribution in [0.3, 0.4) is 0 Å². The summed E-state index contributed by atoms with van der Waals surface area (Å²) < 4.78 is 5.84. The molecule has 2 saturated heterocycles. The fourth-order valence-corrected chi connectivity index (χ4v) is 4.08. The second-order valence-electron chi connectivity index (χ2n) is 6.10. The topological polar surface area (TPSA) is 24.5 Å². The molecule has 1 aromatic rings. The van der Waals surface area contributed by atoms with E-state index in [0.717, 1.165) is 25.6 Å². The molecule has 1 aromatic heterocycles. The molecule has 0 aliphatic carbocycles. The first kappa shape index (κ1) is 14.5. The number of nitrogens with one attached hydrogen (secondary N) is 1. The summed E-state index contributed by atoms with van der Waals surface area (Å²) in [5.74, 6) is 0.859. The highest BCUT2D eigenvalue weighted by Crippen LogP contribution is 2.20. The van der Waals surface area contributed by atoms with Gasteiger partial charge in [0.25, 0.3) is 0 Å². The zero-order valence-corrected chi connectivity index (χ0v) is 13.0. The van der Waals surface area contributed by atoms with Crippen LogP contribution in [0, 0.1) is 5.92 Å². The first-order valence-corrected chi connectivity index (χ1v) is 8.85. The fraction of sp³-hybridized carbons (Fsp3) is 0.750. The van der Waals surface area contributed by atoms with Crippen LogP contribution in [0.5, 0.6) is 0 Å². The summed E-state index contributed by atoms with van der Waals surface area (Å²) >= 11 is 1.88. The van der Waals surface area contributed by atoms with Crippen molar-refractivity contribution in [2.75, 3.05) is 32.8 Å². The summed E-state index contributed by atoms with van der Waals surface area (Å²) in [5.41, 5.74) is 0. The van der Waals surface area contributed by atoms with Crippen molar-refractivity contribution < 1.29 is 4.74 Å². The van der Waals surface area contributed by atoms with Crippen LogP contribution in [-0.4, -0.2) is 43.8 Å². The molecular formula is C16H26N2OS. The van der Waals surface area contributed by atoms with Crippen molar-refractivity contribution in [1.29, 1.82) is 0 Å². The van der Waals surface area contributed by atoms with Gasteiger partial charge in [0.05, 0.1) is 6.10 Å². The highest BCUT2D eigenvalue weighted by Gasteiger charge is 2.22. The molecule has 112 valence electrons. The average molecular weight is 294 g/mol. The van der Waals surface area contributed by atoms with Gasteiger partial charge in [-0.15, -0.1) is 11.3 Å². The van der Waals surface area contributed by atoms with Gasteiger partial charge >= 0.3 is 0 Å². The monoisotopic (exact) mass is 294 g/mol. The van der Waals surface area contributed by atoms with Crippen LogP contribution in [0.25, 0.3) is 0 Å². The highest BCUT2D eigenvalue weighted by molar-refractivity contribution is 7.09. The SMILES string of the molecule is c1csc(CN(CC2CCNCC2)CC2CCCO2)c1. The maximum absolute atomic E-state index is 5.84. The Bertz CT molecular complexity index is 370. The number of piperidine rings is 1. The molecular weight excluding hydrogens is 268 g/mol. The Balaban J connectivity index is 1.56. The van der Waals surface area contributed by atoms with Crippen LogP contribution >= 0.6 is 11.3 Å². The van der Waals surface area contributed by atoms with Crippen LogP contribution in [0.1, 0.15) is 30.6 Å². The summed E-state index contributed by atoms with van der Waals surface area (Å²) in [6, 6.07) is 4.42. The number of rotatable bonds is 6. The van der Waals surface area contributed by atoms with E-state index in [1.54, 1.807) is 0 Å². The molecule has 2 aliphatic heterocycles. The Hall–Kier alpha value is -0.420. The van der Waals surface area contributed by atoms with Crippen molar-refractivity contribution in [3.63, 3.8) is 0 Å². The number of thiophene rings is 1. The van der Waals surface area contributed by atoms with Crippen molar-refractivity contribution in [1.82, 2.24) is 10.2 Å². The second-order valence-corrected chi connectivity index (χ2v) is 7.13. The second kappa shape index (κ2) is 7.55. The van der Waals surface area contributed by atoms with Gasteiger partial charge in [-0.3, -0.25) is 4.90 Å². The molecule has 0 bridgehead atoms. The molecule has 3 rings (SSSR count). The molecule has 1 unspecified atom stereocenters. The lowest BCUT2D eigenvalue weighted by Gasteiger charge is -2.31. The van der Waals surface area contributed by atoms with Gasteiger partial charge in [0, 0.05) is 31.1 Å². The Morgan fingerprint density at radius 2 is 2.15 bits per heavy atom. The van der Waals surface area contributed by atoms with Gasteiger partial charge < -0.3 is 10.1 Å². The predicted octanol–water partition coefficient (Wildman–Crippen LogP) is 2.73. The summed E-state index contributed by atoms with van der Waals surface area (Å²) in [5, 5.41) is 5.65. The summed E-state index contributed by atoms with van der Waals surface area (Å²) in [6.07, 6.45) is 5.61. The third kappa shape index (κ3) is 4.29. The minimum absolute atomic E-state index is 0.469. The smallest absolute Gasteiger partial charge is 0.0702 e. The van der Waals surface area contributed by atoms with E-state index in [1.807, 2.05) is 11.3 Å². The Labute approximate surface area is 126 Å². The van der Waals surface area contributed by atoms with Crippen molar-refractivity contribution in [2.45, 2.75) is 38.3 Å². The first-order chi connectivity index (χ1) is 9.90. The minimum atomic E-state index is 0.469. The maximum atomic E-state index is 5.84. The molecule has 1 atom stereocenters. The van der Waals surface area contributed by atoms with Gasteiger partial charge in [-0.1, -0.05) is 6.07 Å². The molecule has 4 heteroatoms. The van der Waals surface area contributed by atoms with Gasteiger partial charge in [0.15, 0.2) is 0 Å². The van der Waals surface area contributed by atoms with E-state index in [9.17, 15) is 0 Å². The number of ether oxygens (including phenoxy) is 1. The normalized spacial score (nSPS) is 24.6. The van der Waals surface area contributed by atoms with Gasteiger partial charge in [-0.2, -0.15) is 0 Å². The lowest BCUT2D eigenvalue weighted by atomic mass is 9.97. The average Bonchev–Trinajstić information content (AvgIpc) is 3.13. The van der Waals surface area contributed by atoms with Crippen molar-refractivity contribution in [3.8, 4) is 0 Å². The van der Waals surface area contributed by atoms with E-state index in [0.29, 0.717) is 6.10 Å². The maximum Gasteiger partial charge on any atom is 0.0702 e. The first-order valence-electron chi connectivity index (χ1n) is 7.97. The fourth-order valence-electron chi connectivity index (χ4n) is 3.33. The molecule has 3 nitrogen and oxygen atoms in total. The summed E-state index contributed by atoms with van der Waals surface area (Å²) in [7, 11) is 0. The largest absolute Gasteiger partial charge is 0.377 e. The Morgan fingerprint density at radius 1 is 1.25 bits per heavy atom. The number of hydrogen-bond donors (Lipinski definition) is 1. The zero-order chi connectivity index (χ0) is 13.6. The standard InChI is InChI=1S/C16H26N2OS/c1-3-15(19-9-1)12-18(13-16-4-2-10-20-16)11-14-5-7-17-8-6-14/h2,4,10,14-15,17H,1,3,5-9,11-13H2. The van der Waals surface area contributed by atoms with Crippen LogP contribution < -0.4 is 5.32 Å². The molecule has 1 N–H and O–H groups in total. The summed E-state index contributed by atoms with van der Waals surface area (Å²) in [4.78, 5) is 4.12. The van der Waals surface area contributed by atoms with E-state index < -0.39 is 0 Å². The quantitative estimate of drug-likeness (QED) is 0.873.